The standard InChI is InChI=1S/C22H25NO5/c1-3-13-27-17-11-9-16(20(15-17)28-14-4-2)10-12-21(24)23-19-8-6-5-7-18(19)22(25)26/h5-12,15H,3-4,13-14H2,1-2H3,(H,23,24)(H,25,26)/b12-10+. The summed E-state index contributed by atoms with van der Waals surface area (Å²) in [5.41, 5.74) is 1.02. The number of carbonyl (C=O) groups excluding carboxylic acids is 1. The summed E-state index contributed by atoms with van der Waals surface area (Å²) in [6.07, 6.45) is 4.74. The smallest absolute Gasteiger partial charge is 0.337 e. The first-order chi connectivity index (χ1) is 13.5. The fourth-order valence-electron chi connectivity index (χ4n) is 2.42. The number of anilines is 1. The van der Waals surface area contributed by atoms with Gasteiger partial charge in [0.25, 0.3) is 0 Å². The lowest BCUT2D eigenvalue weighted by atomic mass is 10.1. The van der Waals surface area contributed by atoms with Crippen molar-refractivity contribution in [2.75, 3.05) is 18.5 Å². The molecule has 2 aromatic carbocycles. The van der Waals surface area contributed by atoms with Crippen molar-refractivity contribution in [2.45, 2.75) is 26.7 Å². The van der Waals surface area contributed by atoms with Crippen molar-refractivity contribution in [3.05, 3.63) is 59.7 Å². The minimum atomic E-state index is -1.10. The molecule has 0 saturated heterocycles. The van der Waals surface area contributed by atoms with E-state index in [0.29, 0.717) is 24.7 Å². The number of benzene rings is 2. The average molecular weight is 383 g/mol. The van der Waals surface area contributed by atoms with Crippen LogP contribution in [0.15, 0.2) is 48.5 Å². The third kappa shape index (κ3) is 6.16. The molecule has 0 spiro atoms. The fourth-order valence-corrected chi connectivity index (χ4v) is 2.42. The SMILES string of the molecule is CCCOc1ccc(/C=C/C(=O)Nc2ccccc2C(=O)O)c(OCCC)c1. The van der Waals surface area contributed by atoms with E-state index in [1.165, 1.54) is 12.1 Å². The van der Waals surface area contributed by atoms with Gasteiger partial charge in [0.05, 0.1) is 24.5 Å². The molecule has 1 amide bonds. The lowest BCUT2D eigenvalue weighted by Crippen LogP contribution is -2.11. The summed E-state index contributed by atoms with van der Waals surface area (Å²) in [6.45, 7) is 5.22. The molecule has 0 atom stereocenters. The predicted molar refractivity (Wildman–Crippen MR) is 109 cm³/mol. The molecule has 6 heteroatoms. The van der Waals surface area contributed by atoms with E-state index in [0.717, 1.165) is 18.4 Å². The molecule has 0 saturated carbocycles. The van der Waals surface area contributed by atoms with Crippen LogP contribution < -0.4 is 14.8 Å². The topological polar surface area (TPSA) is 84.9 Å². The second kappa shape index (κ2) is 10.8. The summed E-state index contributed by atoms with van der Waals surface area (Å²) < 4.78 is 11.4. The normalized spacial score (nSPS) is 10.6. The zero-order valence-electron chi connectivity index (χ0n) is 16.1. The Bertz CT molecular complexity index is 845. The van der Waals surface area contributed by atoms with Gasteiger partial charge in [-0.05, 0) is 43.2 Å². The number of amides is 1. The van der Waals surface area contributed by atoms with Crippen LogP contribution in [-0.4, -0.2) is 30.2 Å². The van der Waals surface area contributed by atoms with Gasteiger partial charge in [0.1, 0.15) is 11.5 Å². The van der Waals surface area contributed by atoms with Gasteiger partial charge in [0.15, 0.2) is 0 Å². The first-order valence-corrected chi connectivity index (χ1v) is 9.26. The first kappa shape index (κ1) is 21.0. The number of hydrogen-bond acceptors (Lipinski definition) is 4. The van der Waals surface area contributed by atoms with Crippen molar-refractivity contribution in [1.82, 2.24) is 0 Å². The monoisotopic (exact) mass is 383 g/mol. The minimum Gasteiger partial charge on any atom is -0.493 e. The molecule has 0 aliphatic rings. The highest BCUT2D eigenvalue weighted by atomic mass is 16.5. The van der Waals surface area contributed by atoms with Crippen LogP contribution >= 0.6 is 0 Å². The van der Waals surface area contributed by atoms with Crippen LogP contribution in [0, 0.1) is 0 Å². The molecule has 0 heterocycles. The van der Waals surface area contributed by atoms with E-state index in [-0.39, 0.29) is 11.3 Å². The Morgan fingerprint density at radius 1 is 1.04 bits per heavy atom. The highest BCUT2D eigenvalue weighted by molar-refractivity contribution is 6.06. The molecule has 2 rings (SSSR count). The molecule has 0 unspecified atom stereocenters. The van der Waals surface area contributed by atoms with E-state index in [2.05, 4.69) is 5.32 Å². The zero-order chi connectivity index (χ0) is 20.4. The summed E-state index contributed by atoms with van der Waals surface area (Å²) in [5, 5.41) is 11.8. The molecule has 2 aromatic rings. The summed E-state index contributed by atoms with van der Waals surface area (Å²) in [6, 6.07) is 11.7. The van der Waals surface area contributed by atoms with Gasteiger partial charge in [0, 0.05) is 17.7 Å². The number of hydrogen-bond donors (Lipinski definition) is 2. The largest absolute Gasteiger partial charge is 0.493 e. The molecule has 6 nitrogen and oxygen atoms in total. The van der Waals surface area contributed by atoms with Gasteiger partial charge < -0.3 is 19.9 Å². The van der Waals surface area contributed by atoms with Crippen LogP contribution in [0.3, 0.4) is 0 Å². The van der Waals surface area contributed by atoms with Crippen LogP contribution in [-0.2, 0) is 4.79 Å². The van der Waals surface area contributed by atoms with Crippen LogP contribution in [0.1, 0.15) is 42.6 Å². The molecular weight excluding hydrogens is 358 g/mol. The van der Waals surface area contributed by atoms with Crippen molar-refractivity contribution in [3.8, 4) is 11.5 Å². The van der Waals surface area contributed by atoms with Gasteiger partial charge in [-0.1, -0.05) is 26.0 Å². The molecular formula is C22H25NO5. The Morgan fingerprint density at radius 3 is 2.46 bits per heavy atom. The third-order valence-corrected chi connectivity index (χ3v) is 3.75. The molecule has 2 N–H and O–H groups in total. The number of carbonyl (C=O) groups is 2. The maximum Gasteiger partial charge on any atom is 0.337 e. The molecule has 0 fully saturated rings. The third-order valence-electron chi connectivity index (χ3n) is 3.75. The molecule has 148 valence electrons. The van der Waals surface area contributed by atoms with Crippen molar-refractivity contribution < 1.29 is 24.2 Å². The van der Waals surface area contributed by atoms with Gasteiger partial charge in [-0.15, -0.1) is 0 Å². The summed E-state index contributed by atoms with van der Waals surface area (Å²) in [5.74, 6) is -0.186. The highest BCUT2D eigenvalue weighted by Crippen LogP contribution is 2.26. The van der Waals surface area contributed by atoms with Crippen LogP contribution in [0.2, 0.25) is 0 Å². The van der Waals surface area contributed by atoms with Gasteiger partial charge >= 0.3 is 5.97 Å². The first-order valence-electron chi connectivity index (χ1n) is 9.26. The summed E-state index contributed by atoms with van der Waals surface area (Å²) in [7, 11) is 0. The van der Waals surface area contributed by atoms with Crippen LogP contribution in [0.4, 0.5) is 5.69 Å². The van der Waals surface area contributed by atoms with E-state index >= 15 is 0 Å². The number of rotatable bonds is 10. The summed E-state index contributed by atoms with van der Waals surface area (Å²) >= 11 is 0. The molecule has 0 radical (unpaired) electrons. The van der Waals surface area contributed by atoms with Gasteiger partial charge in [0.2, 0.25) is 5.91 Å². The Hall–Kier alpha value is -3.28. The number of carboxylic acid groups (broad SMARTS) is 1. The summed E-state index contributed by atoms with van der Waals surface area (Å²) in [4.78, 5) is 23.5. The Labute approximate surface area is 164 Å². The van der Waals surface area contributed by atoms with Crippen molar-refractivity contribution >= 4 is 23.6 Å². The number of para-hydroxylation sites is 1. The highest BCUT2D eigenvalue weighted by Gasteiger charge is 2.10. The predicted octanol–water partition coefficient (Wildman–Crippen LogP) is 4.61. The maximum atomic E-state index is 12.2. The lowest BCUT2D eigenvalue weighted by molar-refractivity contribution is -0.111. The van der Waals surface area contributed by atoms with E-state index in [4.69, 9.17) is 9.47 Å². The second-order valence-corrected chi connectivity index (χ2v) is 6.07. The average Bonchev–Trinajstić information content (AvgIpc) is 2.70. The maximum absolute atomic E-state index is 12.2. The Balaban J connectivity index is 2.15. The number of ether oxygens (including phenoxy) is 2. The lowest BCUT2D eigenvalue weighted by Gasteiger charge is -2.11. The number of carboxylic acids is 1. The van der Waals surface area contributed by atoms with Crippen LogP contribution in [0.5, 0.6) is 11.5 Å². The Kier molecular flexibility index (Phi) is 8.09. The zero-order valence-corrected chi connectivity index (χ0v) is 16.1. The van der Waals surface area contributed by atoms with Gasteiger partial charge in [-0.2, -0.15) is 0 Å². The molecule has 0 aliphatic heterocycles. The number of aromatic carboxylic acids is 1. The van der Waals surface area contributed by atoms with E-state index in [1.807, 2.05) is 32.0 Å². The molecule has 0 bridgehead atoms. The fraction of sp³-hybridized carbons (Fsp3) is 0.273. The van der Waals surface area contributed by atoms with E-state index in [1.54, 1.807) is 24.3 Å². The number of nitrogens with one attached hydrogen (secondary N) is 1. The van der Waals surface area contributed by atoms with Crippen molar-refractivity contribution in [3.63, 3.8) is 0 Å². The Morgan fingerprint density at radius 2 is 1.75 bits per heavy atom. The van der Waals surface area contributed by atoms with Gasteiger partial charge in [-0.25, -0.2) is 4.79 Å². The van der Waals surface area contributed by atoms with Gasteiger partial charge in [-0.3, -0.25) is 4.79 Å². The van der Waals surface area contributed by atoms with E-state index < -0.39 is 11.9 Å². The minimum absolute atomic E-state index is 0.0358. The van der Waals surface area contributed by atoms with Crippen molar-refractivity contribution in [1.29, 1.82) is 0 Å². The molecule has 0 aromatic heterocycles. The van der Waals surface area contributed by atoms with E-state index in [9.17, 15) is 14.7 Å². The second-order valence-electron chi connectivity index (χ2n) is 6.07. The van der Waals surface area contributed by atoms with Crippen LogP contribution in [0.25, 0.3) is 6.08 Å². The molecule has 0 aliphatic carbocycles. The quantitative estimate of drug-likeness (QED) is 0.585. The molecule has 28 heavy (non-hydrogen) atoms. The van der Waals surface area contributed by atoms with Crippen molar-refractivity contribution in [2.24, 2.45) is 0 Å².